The van der Waals surface area contributed by atoms with Crippen LogP contribution in [0.25, 0.3) is 0 Å². The monoisotopic (exact) mass is 382 g/mol. The summed E-state index contributed by atoms with van der Waals surface area (Å²) in [6.07, 6.45) is -3.56. The molecule has 1 amide bonds. The Morgan fingerprint density at radius 1 is 1.41 bits per heavy atom. The van der Waals surface area contributed by atoms with Crippen molar-refractivity contribution in [2.75, 3.05) is 12.4 Å². The van der Waals surface area contributed by atoms with Gasteiger partial charge in [-0.25, -0.2) is 4.68 Å². The van der Waals surface area contributed by atoms with Gasteiger partial charge in [-0.1, -0.05) is 12.1 Å². The Kier molecular flexibility index (Phi) is 5.03. The molecule has 3 rings (SSSR count). The summed E-state index contributed by atoms with van der Waals surface area (Å²) in [5, 5.41) is 9.59. The number of carbonyl (C=O) groups excluding carboxylic acids is 1. The quantitative estimate of drug-likeness (QED) is 0.846. The molecule has 0 spiro atoms. The third-order valence-electron chi connectivity index (χ3n) is 4.40. The van der Waals surface area contributed by atoms with Crippen molar-refractivity contribution in [2.24, 2.45) is 0 Å². The van der Waals surface area contributed by atoms with Gasteiger partial charge in [-0.3, -0.25) is 4.79 Å². The predicted octanol–water partition coefficient (Wildman–Crippen LogP) is 3.69. The van der Waals surface area contributed by atoms with Gasteiger partial charge in [0.2, 0.25) is 0 Å². The molecule has 0 bridgehead atoms. The molecule has 2 heterocycles. The van der Waals surface area contributed by atoms with Gasteiger partial charge in [-0.2, -0.15) is 18.3 Å². The third-order valence-corrected chi connectivity index (χ3v) is 4.40. The van der Waals surface area contributed by atoms with Crippen LogP contribution in [-0.2, 0) is 0 Å². The second-order valence-corrected chi connectivity index (χ2v) is 6.75. The molecule has 2 atom stereocenters. The molecule has 6 nitrogen and oxygen atoms in total. The van der Waals surface area contributed by atoms with E-state index in [0.717, 1.165) is 4.68 Å². The molecule has 1 aromatic carbocycles. The zero-order valence-corrected chi connectivity index (χ0v) is 15.2. The van der Waals surface area contributed by atoms with Crippen molar-refractivity contribution in [2.45, 2.75) is 44.6 Å². The summed E-state index contributed by atoms with van der Waals surface area (Å²) in [6.45, 7) is 3.55. The minimum atomic E-state index is -4.49. The number of benzene rings is 1. The average Bonchev–Trinajstić information content (AvgIpc) is 3.03. The minimum absolute atomic E-state index is 0.0644. The zero-order chi connectivity index (χ0) is 19.8. The largest absolute Gasteiger partial charge is 0.497 e. The van der Waals surface area contributed by atoms with E-state index < -0.39 is 24.2 Å². The van der Waals surface area contributed by atoms with Crippen LogP contribution in [0, 0.1) is 0 Å². The molecule has 0 saturated carbocycles. The lowest BCUT2D eigenvalue weighted by Crippen LogP contribution is -2.37. The van der Waals surface area contributed by atoms with E-state index >= 15 is 0 Å². The first-order chi connectivity index (χ1) is 12.7. The van der Waals surface area contributed by atoms with E-state index in [4.69, 9.17) is 4.74 Å². The molecule has 9 heteroatoms. The first-order valence-electron chi connectivity index (χ1n) is 8.56. The molecular weight excluding hydrogens is 361 g/mol. The number of amides is 1. The summed E-state index contributed by atoms with van der Waals surface area (Å²) in [6, 6.07) is 4.24. The van der Waals surface area contributed by atoms with Crippen molar-refractivity contribution >= 4 is 11.7 Å². The van der Waals surface area contributed by atoms with E-state index in [1.807, 2.05) is 0 Å². The number of alkyl halides is 3. The topological polar surface area (TPSA) is 68.2 Å². The Balaban J connectivity index is 2.02. The van der Waals surface area contributed by atoms with Crippen molar-refractivity contribution in [1.82, 2.24) is 15.1 Å². The van der Waals surface area contributed by atoms with Gasteiger partial charge in [-0.15, -0.1) is 0 Å². The van der Waals surface area contributed by atoms with E-state index in [9.17, 15) is 18.0 Å². The van der Waals surface area contributed by atoms with Crippen LogP contribution in [0.15, 0.2) is 30.5 Å². The number of aromatic nitrogens is 2. The maximum Gasteiger partial charge on any atom is 0.410 e. The predicted molar refractivity (Wildman–Crippen MR) is 93.9 cm³/mol. The molecule has 146 valence electrons. The highest BCUT2D eigenvalue weighted by Crippen LogP contribution is 2.44. The first-order valence-corrected chi connectivity index (χ1v) is 8.56. The van der Waals surface area contributed by atoms with E-state index in [2.05, 4.69) is 15.7 Å². The molecule has 2 aromatic rings. The number of rotatable bonds is 4. The van der Waals surface area contributed by atoms with Crippen molar-refractivity contribution in [3.05, 3.63) is 41.6 Å². The fourth-order valence-corrected chi connectivity index (χ4v) is 3.15. The second-order valence-electron chi connectivity index (χ2n) is 6.75. The highest BCUT2D eigenvalue weighted by Gasteiger charge is 2.47. The number of hydrogen-bond acceptors (Lipinski definition) is 4. The van der Waals surface area contributed by atoms with Gasteiger partial charge in [0.15, 0.2) is 6.04 Å². The maximum atomic E-state index is 13.7. The highest BCUT2D eigenvalue weighted by atomic mass is 19.4. The van der Waals surface area contributed by atoms with Crippen LogP contribution in [0.4, 0.5) is 19.0 Å². The van der Waals surface area contributed by atoms with E-state index in [-0.39, 0.29) is 23.8 Å². The van der Waals surface area contributed by atoms with Crippen molar-refractivity contribution in [3.8, 4) is 5.75 Å². The molecule has 2 N–H and O–H groups in total. The molecule has 0 aliphatic carbocycles. The van der Waals surface area contributed by atoms with Gasteiger partial charge in [-0.05, 0) is 31.5 Å². The van der Waals surface area contributed by atoms with E-state index in [0.29, 0.717) is 11.3 Å². The fraction of sp³-hybridized carbons (Fsp3) is 0.444. The lowest BCUT2D eigenvalue weighted by Gasteiger charge is -2.34. The maximum absolute atomic E-state index is 13.7. The SMILES string of the molecule is COc1cccc([C@@H]2C[C@@H](C(F)(F)F)n3ncc(C(=O)NC(C)C)c3N2)c1. The van der Waals surface area contributed by atoms with Gasteiger partial charge < -0.3 is 15.4 Å². The lowest BCUT2D eigenvalue weighted by atomic mass is 9.96. The molecule has 27 heavy (non-hydrogen) atoms. The Labute approximate surface area is 154 Å². The lowest BCUT2D eigenvalue weighted by molar-refractivity contribution is -0.173. The van der Waals surface area contributed by atoms with E-state index in [1.54, 1.807) is 38.1 Å². The van der Waals surface area contributed by atoms with Gasteiger partial charge in [0.25, 0.3) is 5.91 Å². The van der Waals surface area contributed by atoms with Crippen LogP contribution in [-0.4, -0.2) is 35.0 Å². The van der Waals surface area contributed by atoms with Crippen LogP contribution in [0.1, 0.15) is 48.3 Å². The molecule has 0 unspecified atom stereocenters. The summed E-state index contributed by atoms with van der Waals surface area (Å²) in [5.41, 5.74) is 0.733. The average molecular weight is 382 g/mol. The molecule has 0 radical (unpaired) electrons. The number of hydrogen-bond donors (Lipinski definition) is 2. The number of carbonyl (C=O) groups is 1. The normalized spacial score (nSPS) is 19.4. The Morgan fingerprint density at radius 3 is 2.78 bits per heavy atom. The summed E-state index contributed by atoms with van der Waals surface area (Å²) >= 11 is 0. The van der Waals surface area contributed by atoms with Crippen LogP contribution < -0.4 is 15.4 Å². The molecular formula is C18H21F3N4O2. The number of fused-ring (bicyclic) bond motifs is 1. The van der Waals surface area contributed by atoms with Crippen LogP contribution >= 0.6 is 0 Å². The molecule has 1 aromatic heterocycles. The summed E-state index contributed by atoms with van der Waals surface area (Å²) in [7, 11) is 1.50. The number of nitrogens with zero attached hydrogens (tertiary/aromatic N) is 2. The van der Waals surface area contributed by atoms with Crippen molar-refractivity contribution in [3.63, 3.8) is 0 Å². The molecule has 1 aliphatic heterocycles. The van der Waals surface area contributed by atoms with E-state index in [1.165, 1.54) is 13.3 Å². The molecule has 0 fully saturated rings. The number of methoxy groups -OCH3 is 1. The summed E-state index contributed by atoms with van der Waals surface area (Å²) in [5.74, 6) is 0.148. The number of ether oxygens (including phenoxy) is 1. The van der Waals surface area contributed by atoms with Gasteiger partial charge in [0.1, 0.15) is 17.1 Å². The molecule has 0 saturated heterocycles. The number of nitrogens with one attached hydrogen (secondary N) is 2. The number of anilines is 1. The second kappa shape index (κ2) is 7.13. The summed E-state index contributed by atoms with van der Waals surface area (Å²) in [4.78, 5) is 12.4. The number of halogens is 3. The van der Waals surface area contributed by atoms with Gasteiger partial charge in [0.05, 0.1) is 19.3 Å². The Morgan fingerprint density at radius 2 is 2.15 bits per heavy atom. The van der Waals surface area contributed by atoms with Crippen LogP contribution in [0.3, 0.4) is 0 Å². The minimum Gasteiger partial charge on any atom is -0.497 e. The van der Waals surface area contributed by atoms with Gasteiger partial charge in [0, 0.05) is 12.5 Å². The third kappa shape index (κ3) is 3.86. The van der Waals surface area contributed by atoms with Crippen LogP contribution in [0.2, 0.25) is 0 Å². The Bertz CT molecular complexity index is 832. The van der Waals surface area contributed by atoms with Gasteiger partial charge >= 0.3 is 6.18 Å². The Hall–Kier alpha value is -2.71. The highest BCUT2D eigenvalue weighted by molar-refractivity contribution is 5.99. The van der Waals surface area contributed by atoms with Crippen molar-refractivity contribution < 1.29 is 22.7 Å². The fourth-order valence-electron chi connectivity index (χ4n) is 3.15. The smallest absolute Gasteiger partial charge is 0.410 e. The summed E-state index contributed by atoms with van der Waals surface area (Å²) < 4.78 is 47.0. The standard InChI is InChI=1S/C18H21F3N4O2/c1-10(2)23-17(26)13-9-22-25-15(18(19,20)21)8-14(24-16(13)25)11-5-4-6-12(7-11)27-3/h4-7,9-10,14-15,24H,8H2,1-3H3,(H,23,26)/t14-,15-/m0/s1. The van der Waals surface area contributed by atoms with Crippen molar-refractivity contribution in [1.29, 1.82) is 0 Å². The first kappa shape index (κ1) is 19.1. The molecule has 1 aliphatic rings. The van der Waals surface area contributed by atoms with Crippen LogP contribution in [0.5, 0.6) is 5.75 Å². The zero-order valence-electron chi connectivity index (χ0n) is 15.2.